The minimum absolute atomic E-state index is 0.0759. The van der Waals surface area contributed by atoms with Gasteiger partial charge in [0.15, 0.2) is 0 Å². The Hall–Kier alpha value is -2.44. The molecule has 1 aliphatic heterocycles. The lowest BCUT2D eigenvalue weighted by molar-refractivity contribution is 0.190. The molecule has 2 aromatic rings. The van der Waals surface area contributed by atoms with E-state index in [9.17, 15) is 9.59 Å². The van der Waals surface area contributed by atoms with Crippen molar-refractivity contribution in [3.05, 3.63) is 28.7 Å². The molecule has 0 atom stereocenters. The molecule has 128 valence electrons. The van der Waals surface area contributed by atoms with Gasteiger partial charge in [-0.25, -0.2) is 9.59 Å². The van der Waals surface area contributed by atoms with E-state index in [1.807, 2.05) is 23.1 Å². The Balaban J connectivity index is 1.37. The molecule has 2 amide bonds. The molecule has 0 bridgehead atoms. The zero-order valence-electron chi connectivity index (χ0n) is 13.7. The molecule has 1 aliphatic carbocycles. The van der Waals surface area contributed by atoms with E-state index < -0.39 is 0 Å². The van der Waals surface area contributed by atoms with Gasteiger partial charge in [-0.2, -0.15) is 0 Å². The number of nitrogens with one attached hydrogen (secondary N) is 3. The first-order valence-corrected chi connectivity index (χ1v) is 8.71. The Kier molecular flexibility index (Phi) is 3.92. The topological polar surface area (TPSA) is 84.2 Å². The van der Waals surface area contributed by atoms with Crippen molar-refractivity contribution >= 4 is 22.8 Å². The van der Waals surface area contributed by atoms with Crippen molar-refractivity contribution in [2.75, 3.05) is 31.1 Å². The second-order valence-electron chi connectivity index (χ2n) is 6.71. The minimum atomic E-state index is -0.185. The number of aromatic amines is 2. The maximum absolute atomic E-state index is 12.3. The van der Waals surface area contributed by atoms with Crippen LogP contribution >= 0.6 is 0 Å². The standard InChI is InChI=1S/C17H23N5O2/c23-16-19-14-6-5-13(11-15(14)20-16)21-7-9-22(10-8-21)17(24)18-12-3-1-2-4-12/h5-6,11-12H,1-4,7-10H2,(H,18,24)(H2,19,20,23). The van der Waals surface area contributed by atoms with Gasteiger partial charge in [0.05, 0.1) is 11.0 Å². The van der Waals surface area contributed by atoms with Crippen LogP contribution in [-0.2, 0) is 0 Å². The number of anilines is 1. The lowest BCUT2D eigenvalue weighted by atomic mass is 10.2. The van der Waals surface area contributed by atoms with Gasteiger partial charge in [0.25, 0.3) is 0 Å². The van der Waals surface area contributed by atoms with Crippen LogP contribution in [0.2, 0.25) is 0 Å². The number of H-pyrrole nitrogens is 2. The van der Waals surface area contributed by atoms with Crippen molar-refractivity contribution < 1.29 is 4.79 Å². The van der Waals surface area contributed by atoms with Gasteiger partial charge in [-0.3, -0.25) is 0 Å². The van der Waals surface area contributed by atoms with Crippen LogP contribution in [0.1, 0.15) is 25.7 Å². The number of carbonyl (C=O) groups excluding carboxylic acids is 1. The van der Waals surface area contributed by atoms with E-state index in [1.54, 1.807) is 0 Å². The molecule has 0 radical (unpaired) electrons. The van der Waals surface area contributed by atoms with Crippen LogP contribution in [0.15, 0.2) is 23.0 Å². The van der Waals surface area contributed by atoms with Crippen LogP contribution < -0.4 is 15.9 Å². The monoisotopic (exact) mass is 329 g/mol. The Morgan fingerprint density at radius 3 is 2.50 bits per heavy atom. The first-order chi connectivity index (χ1) is 11.7. The van der Waals surface area contributed by atoms with Crippen molar-refractivity contribution in [2.45, 2.75) is 31.7 Å². The smallest absolute Gasteiger partial charge is 0.323 e. The molecule has 24 heavy (non-hydrogen) atoms. The van der Waals surface area contributed by atoms with Crippen LogP contribution in [0.4, 0.5) is 10.5 Å². The highest BCUT2D eigenvalue weighted by molar-refractivity contribution is 5.79. The van der Waals surface area contributed by atoms with Gasteiger partial charge in [-0.1, -0.05) is 12.8 Å². The van der Waals surface area contributed by atoms with Gasteiger partial charge in [-0.05, 0) is 31.0 Å². The highest BCUT2D eigenvalue weighted by Gasteiger charge is 2.24. The number of rotatable bonds is 2. The molecule has 2 fully saturated rings. The Morgan fingerprint density at radius 2 is 1.75 bits per heavy atom. The maximum Gasteiger partial charge on any atom is 0.323 e. The Bertz CT molecular complexity index is 782. The van der Waals surface area contributed by atoms with Crippen molar-refractivity contribution in [1.82, 2.24) is 20.2 Å². The number of carbonyl (C=O) groups is 1. The average molecular weight is 329 g/mol. The predicted molar refractivity (Wildman–Crippen MR) is 93.5 cm³/mol. The summed E-state index contributed by atoms with van der Waals surface area (Å²) in [4.78, 5) is 33.4. The van der Waals surface area contributed by atoms with E-state index in [2.05, 4.69) is 20.2 Å². The van der Waals surface area contributed by atoms with E-state index in [-0.39, 0.29) is 11.7 Å². The van der Waals surface area contributed by atoms with Gasteiger partial charge >= 0.3 is 11.7 Å². The number of nitrogens with zero attached hydrogens (tertiary/aromatic N) is 2. The first kappa shape index (κ1) is 15.1. The van der Waals surface area contributed by atoms with Crippen molar-refractivity contribution in [2.24, 2.45) is 0 Å². The van der Waals surface area contributed by atoms with Gasteiger partial charge in [-0.15, -0.1) is 0 Å². The SMILES string of the molecule is O=C(NC1CCCC1)N1CCN(c2ccc3[nH]c(=O)[nH]c3c2)CC1. The largest absolute Gasteiger partial charge is 0.368 e. The highest BCUT2D eigenvalue weighted by atomic mass is 16.2. The average Bonchev–Trinajstić information content (AvgIpc) is 3.22. The molecule has 7 heteroatoms. The summed E-state index contributed by atoms with van der Waals surface area (Å²) in [6.07, 6.45) is 4.67. The number of fused-ring (bicyclic) bond motifs is 1. The Morgan fingerprint density at radius 1 is 1.04 bits per heavy atom. The summed E-state index contributed by atoms with van der Waals surface area (Å²) in [6, 6.07) is 6.36. The van der Waals surface area contributed by atoms with E-state index in [0.29, 0.717) is 6.04 Å². The molecular formula is C17H23N5O2. The van der Waals surface area contributed by atoms with Crippen LogP contribution in [-0.4, -0.2) is 53.1 Å². The molecule has 3 N–H and O–H groups in total. The second kappa shape index (κ2) is 6.22. The van der Waals surface area contributed by atoms with Crippen molar-refractivity contribution in [3.8, 4) is 0 Å². The summed E-state index contributed by atoms with van der Waals surface area (Å²) in [5, 5.41) is 3.15. The molecule has 7 nitrogen and oxygen atoms in total. The lowest BCUT2D eigenvalue weighted by Crippen LogP contribution is -2.53. The summed E-state index contributed by atoms with van der Waals surface area (Å²) in [5.41, 5.74) is 2.53. The third kappa shape index (κ3) is 2.98. The Labute approximate surface area is 140 Å². The predicted octanol–water partition coefficient (Wildman–Crippen LogP) is 1.63. The van der Waals surface area contributed by atoms with E-state index in [1.165, 1.54) is 12.8 Å². The molecule has 0 unspecified atom stereocenters. The zero-order valence-corrected chi connectivity index (χ0v) is 13.7. The number of amides is 2. The molecule has 1 saturated carbocycles. The van der Waals surface area contributed by atoms with E-state index in [0.717, 1.165) is 55.7 Å². The minimum Gasteiger partial charge on any atom is -0.368 e. The number of urea groups is 1. The molecule has 1 aromatic carbocycles. The van der Waals surface area contributed by atoms with Crippen LogP contribution in [0, 0.1) is 0 Å². The summed E-state index contributed by atoms with van der Waals surface area (Å²) >= 11 is 0. The zero-order chi connectivity index (χ0) is 16.5. The molecule has 2 heterocycles. The third-order valence-corrected chi connectivity index (χ3v) is 5.11. The van der Waals surface area contributed by atoms with E-state index >= 15 is 0 Å². The molecule has 1 aromatic heterocycles. The van der Waals surface area contributed by atoms with Crippen molar-refractivity contribution in [3.63, 3.8) is 0 Å². The summed E-state index contributed by atoms with van der Waals surface area (Å²) in [7, 11) is 0. The first-order valence-electron chi connectivity index (χ1n) is 8.71. The fraction of sp³-hybridized carbons (Fsp3) is 0.529. The number of benzene rings is 1. The maximum atomic E-state index is 12.3. The van der Waals surface area contributed by atoms with Crippen LogP contribution in [0.3, 0.4) is 0 Å². The fourth-order valence-electron chi connectivity index (χ4n) is 3.72. The van der Waals surface area contributed by atoms with Gasteiger partial charge in [0.2, 0.25) is 0 Å². The van der Waals surface area contributed by atoms with Crippen molar-refractivity contribution in [1.29, 1.82) is 0 Å². The van der Waals surface area contributed by atoms with E-state index in [4.69, 9.17) is 0 Å². The highest BCUT2D eigenvalue weighted by Crippen LogP contribution is 2.21. The summed E-state index contributed by atoms with van der Waals surface area (Å²) < 4.78 is 0. The normalized spacial score (nSPS) is 19.2. The quantitative estimate of drug-likeness (QED) is 0.783. The molecule has 2 aliphatic rings. The third-order valence-electron chi connectivity index (χ3n) is 5.11. The summed E-state index contributed by atoms with van der Waals surface area (Å²) in [6.45, 7) is 3.05. The van der Waals surface area contributed by atoms with Crippen LogP contribution in [0.25, 0.3) is 11.0 Å². The number of imidazole rings is 1. The number of piperazine rings is 1. The molecule has 1 saturated heterocycles. The number of aromatic nitrogens is 2. The fourth-order valence-corrected chi connectivity index (χ4v) is 3.72. The lowest BCUT2D eigenvalue weighted by Gasteiger charge is -2.36. The van der Waals surface area contributed by atoms with Gasteiger partial charge < -0.3 is 25.1 Å². The number of hydrogen-bond acceptors (Lipinski definition) is 3. The summed E-state index contributed by atoms with van der Waals surface area (Å²) in [5.74, 6) is 0. The molecule has 0 spiro atoms. The number of hydrogen-bond donors (Lipinski definition) is 3. The van der Waals surface area contributed by atoms with Gasteiger partial charge in [0.1, 0.15) is 0 Å². The molecular weight excluding hydrogens is 306 g/mol. The second-order valence-corrected chi connectivity index (χ2v) is 6.71. The van der Waals surface area contributed by atoms with Gasteiger partial charge in [0, 0.05) is 37.9 Å². The molecule has 4 rings (SSSR count). The van der Waals surface area contributed by atoms with Crippen LogP contribution in [0.5, 0.6) is 0 Å².